The molecule has 9 heteroatoms. The smallest absolute Gasteiger partial charge is 0.387 e. The highest BCUT2D eigenvalue weighted by atomic mass is 35.5. The first-order chi connectivity index (χ1) is 12.5. The predicted molar refractivity (Wildman–Crippen MR) is 99.5 cm³/mol. The Bertz CT molecular complexity index is 586. The van der Waals surface area contributed by atoms with Crippen LogP contribution in [0.5, 0.6) is 11.5 Å². The van der Waals surface area contributed by atoms with Gasteiger partial charge in [0.15, 0.2) is 0 Å². The second-order valence-electron chi connectivity index (χ2n) is 6.19. The molecule has 1 amide bonds. The van der Waals surface area contributed by atoms with E-state index in [2.05, 4.69) is 10.1 Å². The summed E-state index contributed by atoms with van der Waals surface area (Å²) in [6.07, 6.45) is 2.27. The first kappa shape index (κ1) is 23.4. The standard InChI is InChI=1S/C18H26F2N2O4.ClH/c1-2-7-25-14-4-3-13(15(10-14)26-18(19)20)11-22-17(23)16(21)12-5-8-24-9-6-12;/h3-4,10,12,16,18H,2,5-9,11,21H2,1H3,(H,22,23);1H. The quantitative estimate of drug-likeness (QED) is 0.656. The first-order valence-corrected chi connectivity index (χ1v) is 8.82. The zero-order valence-electron chi connectivity index (χ0n) is 15.3. The number of amides is 1. The number of hydrogen-bond acceptors (Lipinski definition) is 5. The SMILES string of the molecule is CCCOc1ccc(CNC(=O)C(N)C2CCOCC2)c(OC(F)F)c1.Cl. The number of carbonyl (C=O) groups is 1. The second-order valence-corrected chi connectivity index (χ2v) is 6.19. The number of ether oxygens (including phenoxy) is 3. The van der Waals surface area contributed by atoms with Crippen molar-refractivity contribution < 1.29 is 27.8 Å². The van der Waals surface area contributed by atoms with Gasteiger partial charge in [0, 0.05) is 31.4 Å². The molecule has 1 atom stereocenters. The van der Waals surface area contributed by atoms with E-state index in [4.69, 9.17) is 15.2 Å². The summed E-state index contributed by atoms with van der Waals surface area (Å²) >= 11 is 0. The number of halogens is 3. The van der Waals surface area contributed by atoms with Gasteiger partial charge in [-0.25, -0.2) is 0 Å². The molecule has 0 radical (unpaired) electrons. The lowest BCUT2D eigenvalue weighted by molar-refractivity contribution is -0.124. The molecule has 0 saturated carbocycles. The second kappa shape index (κ2) is 11.9. The summed E-state index contributed by atoms with van der Waals surface area (Å²) < 4.78 is 40.6. The number of benzene rings is 1. The van der Waals surface area contributed by atoms with Crippen molar-refractivity contribution in [2.24, 2.45) is 11.7 Å². The zero-order chi connectivity index (χ0) is 18.9. The third-order valence-corrected chi connectivity index (χ3v) is 4.26. The molecule has 154 valence electrons. The van der Waals surface area contributed by atoms with Crippen LogP contribution in [0.25, 0.3) is 0 Å². The molecule has 6 nitrogen and oxygen atoms in total. The number of nitrogens with one attached hydrogen (secondary N) is 1. The minimum absolute atomic E-state index is 0. The summed E-state index contributed by atoms with van der Waals surface area (Å²) in [7, 11) is 0. The third kappa shape index (κ3) is 7.48. The van der Waals surface area contributed by atoms with Crippen LogP contribution in [0.4, 0.5) is 8.78 Å². The summed E-state index contributed by atoms with van der Waals surface area (Å²) in [5.74, 6) is 0.168. The van der Waals surface area contributed by atoms with Crippen molar-refractivity contribution in [3.05, 3.63) is 23.8 Å². The number of hydrogen-bond donors (Lipinski definition) is 2. The van der Waals surface area contributed by atoms with Crippen LogP contribution in [-0.4, -0.2) is 38.4 Å². The Morgan fingerprint density at radius 1 is 1.37 bits per heavy atom. The molecule has 0 aromatic heterocycles. The Morgan fingerprint density at radius 3 is 2.70 bits per heavy atom. The monoisotopic (exact) mass is 408 g/mol. The summed E-state index contributed by atoms with van der Waals surface area (Å²) in [6.45, 7) is 0.697. The van der Waals surface area contributed by atoms with Crippen molar-refractivity contribution in [3.8, 4) is 11.5 Å². The van der Waals surface area contributed by atoms with E-state index in [0.29, 0.717) is 31.1 Å². The van der Waals surface area contributed by atoms with Gasteiger partial charge < -0.3 is 25.3 Å². The van der Waals surface area contributed by atoms with Crippen LogP contribution >= 0.6 is 12.4 Å². The normalized spacial score (nSPS) is 15.7. The Labute approximate surface area is 164 Å². The molecule has 1 aliphatic rings. The Balaban J connectivity index is 0.00000364. The molecule has 1 heterocycles. The number of carbonyl (C=O) groups excluding carboxylic acids is 1. The maximum absolute atomic E-state index is 12.7. The molecule has 1 aromatic carbocycles. The highest BCUT2D eigenvalue weighted by molar-refractivity contribution is 5.85. The van der Waals surface area contributed by atoms with Crippen molar-refractivity contribution in [2.75, 3.05) is 19.8 Å². The number of nitrogens with two attached hydrogens (primary N) is 1. The lowest BCUT2D eigenvalue weighted by atomic mass is 9.92. The lowest BCUT2D eigenvalue weighted by Crippen LogP contribution is -2.46. The molecule has 1 aliphatic heterocycles. The van der Waals surface area contributed by atoms with Crippen LogP contribution in [0.2, 0.25) is 0 Å². The molecule has 27 heavy (non-hydrogen) atoms. The fraction of sp³-hybridized carbons (Fsp3) is 0.611. The van der Waals surface area contributed by atoms with Gasteiger partial charge in [-0.15, -0.1) is 12.4 Å². The van der Waals surface area contributed by atoms with E-state index in [1.807, 2.05) is 6.92 Å². The topological polar surface area (TPSA) is 82.8 Å². The summed E-state index contributed by atoms with van der Waals surface area (Å²) in [4.78, 5) is 12.3. The number of alkyl halides is 2. The zero-order valence-corrected chi connectivity index (χ0v) is 16.1. The maximum Gasteiger partial charge on any atom is 0.387 e. The number of rotatable bonds is 9. The molecule has 0 aliphatic carbocycles. The van der Waals surface area contributed by atoms with Gasteiger partial charge in [-0.1, -0.05) is 6.92 Å². The Morgan fingerprint density at radius 2 is 2.07 bits per heavy atom. The molecule has 1 saturated heterocycles. The molecular formula is C18H27ClF2N2O4. The van der Waals surface area contributed by atoms with Crippen molar-refractivity contribution in [1.82, 2.24) is 5.32 Å². The van der Waals surface area contributed by atoms with Gasteiger partial charge in [-0.05, 0) is 37.3 Å². The minimum atomic E-state index is -2.96. The minimum Gasteiger partial charge on any atom is -0.493 e. The molecule has 1 unspecified atom stereocenters. The highest BCUT2D eigenvalue weighted by Gasteiger charge is 2.26. The average Bonchev–Trinajstić information content (AvgIpc) is 2.65. The third-order valence-electron chi connectivity index (χ3n) is 4.26. The van der Waals surface area contributed by atoms with Crippen molar-refractivity contribution in [2.45, 2.75) is 45.4 Å². The molecule has 1 aromatic rings. The van der Waals surface area contributed by atoms with Crippen molar-refractivity contribution in [3.63, 3.8) is 0 Å². The van der Waals surface area contributed by atoms with E-state index in [0.717, 1.165) is 19.3 Å². The van der Waals surface area contributed by atoms with Gasteiger partial charge in [0.05, 0.1) is 12.6 Å². The van der Waals surface area contributed by atoms with Gasteiger partial charge in [0.25, 0.3) is 0 Å². The predicted octanol–water partition coefficient (Wildman–Crippen LogP) is 2.87. The molecule has 3 N–H and O–H groups in total. The van der Waals surface area contributed by atoms with E-state index >= 15 is 0 Å². The van der Waals surface area contributed by atoms with Gasteiger partial charge in [0.1, 0.15) is 11.5 Å². The van der Waals surface area contributed by atoms with Gasteiger partial charge in [-0.3, -0.25) is 4.79 Å². The van der Waals surface area contributed by atoms with Crippen LogP contribution in [0.1, 0.15) is 31.7 Å². The van der Waals surface area contributed by atoms with Crippen LogP contribution in [0, 0.1) is 5.92 Å². The Hall–Kier alpha value is -1.64. The van der Waals surface area contributed by atoms with Gasteiger partial charge in [0.2, 0.25) is 5.91 Å². The Kier molecular flexibility index (Phi) is 10.4. The first-order valence-electron chi connectivity index (χ1n) is 8.82. The van der Waals surface area contributed by atoms with E-state index in [1.54, 1.807) is 12.1 Å². The molecule has 0 bridgehead atoms. The molecular weight excluding hydrogens is 382 g/mol. The van der Waals surface area contributed by atoms with E-state index in [1.165, 1.54) is 6.07 Å². The van der Waals surface area contributed by atoms with E-state index in [-0.39, 0.29) is 36.5 Å². The van der Waals surface area contributed by atoms with Crippen molar-refractivity contribution in [1.29, 1.82) is 0 Å². The molecule has 1 fully saturated rings. The van der Waals surface area contributed by atoms with E-state index in [9.17, 15) is 13.6 Å². The fourth-order valence-electron chi connectivity index (χ4n) is 2.79. The fourth-order valence-corrected chi connectivity index (χ4v) is 2.79. The lowest BCUT2D eigenvalue weighted by Gasteiger charge is -2.26. The molecule has 0 spiro atoms. The molecule has 2 rings (SSSR count). The average molecular weight is 409 g/mol. The van der Waals surface area contributed by atoms with Crippen LogP contribution in [0.15, 0.2) is 18.2 Å². The van der Waals surface area contributed by atoms with Crippen molar-refractivity contribution >= 4 is 18.3 Å². The van der Waals surface area contributed by atoms with Crippen LogP contribution < -0.4 is 20.5 Å². The summed E-state index contributed by atoms with van der Waals surface area (Å²) in [6, 6.07) is 4.02. The van der Waals surface area contributed by atoms with Gasteiger partial charge >= 0.3 is 6.61 Å². The van der Waals surface area contributed by atoms with E-state index < -0.39 is 12.7 Å². The van der Waals surface area contributed by atoms with Crippen LogP contribution in [-0.2, 0) is 16.1 Å². The van der Waals surface area contributed by atoms with Gasteiger partial charge in [-0.2, -0.15) is 8.78 Å². The van der Waals surface area contributed by atoms with Crippen LogP contribution in [0.3, 0.4) is 0 Å². The highest BCUT2D eigenvalue weighted by Crippen LogP contribution is 2.27. The largest absolute Gasteiger partial charge is 0.493 e. The summed E-state index contributed by atoms with van der Waals surface area (Å²) in [5.41, 5.74) is 6.45. The maximum atomic E-state index is 12.7. The summed E-state index contributed by atoms with van der Waals surface area (Å²) in [5, 5.41) is 2.70.